The molecular weight excluding hydrogens is 323 g/mol. The zero-order chi connectivity index (χ0) is 13.9. The minimum atomic E-state index is -1.65. The third kappa shape index (κ3) is 3.03. The molecule has 0 radical (unpaired) electrons. The second kappa shape index (κ2) is 5.71. The smallest absolute Gasteiger partial charge is 0.323 e. The second-order valence-electron chi connectivity index (χ2n) is 4.04. The highest BCUT2D eigenvalue weighted by molar-refractivity contribution is 9.10. The van der Waals surface area contributed by atoms with Crippen LogP contribution in [0.3, 0.4) is 0 Å². The third-order valence-electron chi connectivity index (χ3n) is 2.67. The highest BCUT2D eigenvalue weighted by atomic mass is 79.9. The lowest BCUT2D eigenvalue weighted by molar-refractivity contribution is -0.165. The van der Waals surface area contributed by atoms with Crippen LogP contribution in [0.4, 0.5) is 0 Å². The van der Waals surface area contributed by atoms with Crippen LogP contribution in [0.2, 0.25) is 5.02 Å². The molecule has 1 atom stereocenters. The minimum absolute atomic E-state index is 0.0267. The number of benzene rings is 1. The van der Waals surface area contributed by atoms with Crippen LogP contribution in [0.25, 0.3) is 0 Å². The molecule has 0 aliphatic carbocycles. The topological polar surface area (TPSA) is 63.6 Å². The summed E-state index contributed by atoms with van der Waals surface area (Å²) in [5.74, 6) is -2.04. The Morgan fingerprint density at radius 1 is 1.50 bits per heavy atom. The molecule has 1 unspecified atom stereocenters. The van der Waals surface area contributed by atoms with Gasteiger partial charge in [-0.05, 0) is 24.6 Å². The van der Waals surface area contributed by atoms with Crippen LogP contribution in [-0.2, 0) is 20.7 Å². The van der Waals surface area contributed by atoms with E-state index in [0.29, 0.717) is 10.6 Å². The SMILES string of the molecule is COC(=O)C(C)(Cc1ccc(Br)cc1Cl)C(=O)O. The highest BCUT2D eigenvalue weighted by Crippen LogP contribution is 2.30. The summed E-state index contributed by atoms with van der Waals surface area (Å²) in [4.78, 5) is 22.9. The molecule has 1 aromatic rings. The zero-order valence-electron chi connectivity index (χ0n) is 9.87. The Bertz CT molecular complexity index is 489. The van der Waals surface area contributed by atoms with Crippen molar-refractivity contribution in [1.82, 2.24) is 0 Å². The van der Waals surface area contributed by atoms with Gasteiger partial charge < -0.3 is 9.84 Å². The monoisotopic (exact) mass is 334 g/mol. The number of carbonyl (C=O) groups excluding carboxylic acids is 1. The van der Waals surface area contributed by atoms with E-state index in [-0.39, 0.29) is 6.42 Å². The van der Waals surface area contributed by atoms with Crippen LogP contribution >= 0.6 is 27.5 Å². The van der Waals surface area contributed by atoms with Crippen molar-refractivity contribution in [2.75, 3.05) is 7.11 Å². The van der Waals surface area contributed by atoms with Crippen molar-refractivity contribution >= 4 is 39.5 Å². The Morgan fingerprint density at radius 2 is 2.11 bits per heavy atom. The van der Waals surface area contributed by atoms with E-state index in [1.807, 2.05) is 0 Å². The normalized spacial score (nSPS) is 13.8. The van der Waals surface area contributed by atoms with Gasteiger partial charge in [-0.2, -0.15) is 0 Å². The molecule has 4 nitrogen and oxygen atoms in total. The Hall–Kier alpha value is -1.07. The van der Waals surface area contributed by atoms with Crippen LogP contribution in [-0.4, -0.2) is 24.2 Å². The summed E-state index contributed by atoms with van der Waals surface area (Å²) in [5, 5.41) is 9.59. The lowest BCUT2D eigenvalue weighted by Crippen LogP contribution is -2.39. The first-order valence-electron chi connectivity index (χ1n) is 5.07. The summed E-state index contributed by atoms with van der Waals surface area (Å²) in [5.41, 5.74) is -1.07. The maximum absolute atomic E-state index is 11.6. The molecule has 18 heavy (non-hydrogen) atoms. The lowest BCUT2D eigenvalue weighted by Gasteiger charge is -2.22. The molecule has 1 N–H and O–H groups in total. The maximum atomic E-state index is 11.6. The number of aliphatic carboxylic acids is 1. The number of carboxylic acid groups (broad SMARTS) is 1. The molecule has 1 rings (SSSR count). The van der Waals surface area contributed by atoms with Crippen molar-refractivity contribution in [3.8, 4) is 0 Å². The van der Waals surface area contributed by atoms with Gasteiger partial charge in [0.15, 0.2) is 5.41 Å². The van der Waals surface area contributed by atoms with E-state index >= 15 is 0 Å². The highest BCUT2D eigenvalue weighted by Gasteiger charge is 2.43. The molecule has 0 bridgehead atoms. The standard InChI is InChI=1S/C12H12BrClO4/c1-12(10(15)16,11(17)18-2)6-7-3-4-8(13)5-9(7)14/h3-5H,6H2,1-2H3,(H,15,16). The Kier molecular flexibility index (Phi) is 4.76. The fourth-order valence-electron chi connectivity index (χ4n) is 1.51. The molecular formula is C12H12BrClO4. The minimum Gasteiger partial charge on any atom is -0.480 e. The van der Waals surface area contributed by atoms with E-state index < -0.39 is 17.4 Å². The van der Waals surface area contributed by atoms with Gasteiger partial charge in [0.1, 0.15) is 0 Å². The van der Waals surface area contributed by atoms with Gasteiger partial charge in [0.2, 0.25) is 0 Å². The van der Waals surface area contributed by atoms with Gasteiger partial charge in [0.25, 0.3) is 0 Å². The number of rotatable bonds is 4. The first-order valence-corrected chi connectivity index (χ1v) is 6.24. The molecule has 0 aromatic heterocycles. The predicted molar refractivity (Wildman–Crippen MR) is 70.6 cm³/mol. The zero-order valence-corrected chi connectivity index (χ0v) is 12.2. The average Bonchev–Trinajstić information content (AvgIpc) is 2.31. The molecule has 0 aliphatic heterocycles. The van der Waals surface area contributed by atoms with Crippen LogP contribution in [0.15, 0.2) is 22.7 Å². The van der Waals surface area contributed by atoms with Crippen molar-refractivity contribution in [2.24, 2.45) is 5.41 Å². The predicted octanol–water partition coefficient (Wildman–Crippen LogP) is 2.91. The van der Waals surface area contributed by atoms with Gasteiger partial charge in [0.05, 0.1) is 7.11 Å². The summed E-state index contributed by atoms with van der Waals surface area (Å²) < 4.78 is 5.32. The van der Waals surface area contributed by atoms with Crippen LogP contribution in [0.5, 0.6) is 0 Å². The van der Waals surface area contributed by atoms with E-state index in [9.17, 15) is 14.7 Å². The number of carboxylic acids is 1. The molecule has 0 fully saturated rings. The number of methoxy groups -OCH3 is 1. The van der Waals surface area contributed by atoms with Crippen molar-refractivity contribution in [1.29, 1.82) is 0 Å². The van der Waals surface area contributed by atoms with Crippen molar-refractivity contribution in [3.05, 3.63) is 33.3 Å². The average molecular weight is 336 g/mol. The summed E-state index contributed by atoms with van der Waals surface area (Å²) in [7, 11) is 1.16. The fourth-order valence-corrected chi connectivity index (χ4v) is 2.25. The molecule has 0 amide bonds. The fraction of sp³-hybridized carbons (Fsp3) is 0.333. The van der Waals surface area contributed by atoms with Gasteiger partial charge in [0, 0.05) is 15.9 Å². The Balaban J connectivity index is 3.12. The number of ether oxygens (including phenoxy) is 1. The van der Waals surface area contributed by atoms with Gasteiger partial charge >= 0.3 is 11.9 Å². The molecule has 0 heterocycles. The Morgan fingerprint density at radius 3 is 2.56 bits per heavy atom. The number of carbonyl (C=O) groups is 2. The van der Waals surface area contributed by atoms with Crippen molar-refractivity contribution in [2.45, 2.75) is 13.3 Å². The molecule has 1 aromatic carbocycles. The van der Waals surface area contributed by atoms with Gasteiger partial charge in [-0.3, -0.25) is 9.59 Å². The van der Waals surface area contributed by atoms with E-state index in [1.54, 1.807) is 18.2 Å². The van der Waals surface area contributed by atoms with Gasteiger partial charge in [-0.15, -0.1) is 0 Å². The second-order valence-corrected chi connectivity index (χ2v) is 5.36. The number of hydrogen-bond donors (Lipinski definition) is 1. The number of esters is 1. The van der Waals surface area contributed by atoms with E-state index in [0.717, 1.165) is 11.6 Å². The third-order valence-corrected chi connectivity index (χ3v) is 3.51. The largest absolute Gasteiger partial charge is 0.480 e. The van der Waals surface area contributed by atoms with Crippen molar-refractivity contribution in [3.63, 3.8) is 0 Å². The lowest BCUT2D eigenvalue weighted by atomic mass is 9.83. The molecule has 98 valence electrons. The van der Waals surface area contributed by atoms with Gasteiger partial charge in [-0.1, -0.05) is 33.6 Å². The molecule has 0 saturated carbocycles. The molecule has 6 heteroatoms. The van der Waals surface area contributed by atoms with E-state index in [2.05, 4.69) is 20.7 Å². The number of hydrogen-bond acceptors (Lipinski definition) is 3. The van der Waals surface area contributed by atoms with Crippen LogP contribution in [0.1, 0.15) is 12.5 Å². The van der Waals surface area contributed by atoms with Gasteiger partial charge in [-0.25, -0.2) is 0 Å². The quantitative estimate of drug-likeness (QED) is 0.679. The first kappa shape index (κ1) is 15.0. The first-order chi connectivity index (χ1) is 8.31. The van der Waals surface area contributed by atoms with Crippen LogP contribution in [0, 0.1) is 5.41 Å². The summed E-state index contributed by atoms with van der Waals surface area (Å²) >= 11 is 9.27. The van der Waals surface area contributed by atoms with Crippen LogP contribution < -0.4 is 0 Å². The molecule has 0 spiro atoms. The number of halogens is 2. The summed E-state index contributed by atoms with van der Waals surface area (Å²) in [6, 6.07) is 5.06. The Labute approximate surface area is 118 Å². The van der Waals surface area contributed by atoms with E-state index in [4.69, 9.17) is 11.6 Å². The summed E-state index contributed by atoms with van der Waals surface area (Å²) in [6.45, 7) is 1.32. The van der Waals surface area contributed by atoms with E-state index in [1.165, 1.54) is 6.92 Å². The van der Waals surface area contributed by atoms with Crippen molar-refractivity contribution < 1.29 is 19.4 Å². The molecule has 0 saturated heterocycles. The maximum Gasteiger partial charge on any atom is 0.323 e. The summed E-state index contributed by atoms with van der Waals surface area (Å²) in [6.07, 6.45) is -0.0267. The molecule has 0 aliphatic rings.